The summed E-state index contributed by atoms with van der Waals surface area (Å²) < 4.78 is 5.21. The lowest BCUT2D eigenvalue weighted by Gasteiger charge is -2.38. The Labute approximate surface area is 113 Å². The standard InChI is InChI=1S/C15H19N3O/c1-12-9-16-15(13-5-3-2-4-6-13)11-18(12)10-14-7-8-17-19-14/h2-8,12,15-16H,9-11H2,1H3. The monoisotopic (exact) mass is 257 g/mol. The predicted molar refractivity (Wildman–Crippen MR) is 73.6 cm³/mol. The van der Waals surface area contributed by atoms with Gasteiger partial charge >= 0.3 is 0 Å². The zero-order valence-corrected chi connectivity index (χ0v) is 11.1. The van der Waals surface area contributed by atoms with Crippen LogP contribution in [0.3, 0.4) is 0 Å². The third kappa shape index (κ3) is 2.85. The highest BCUT2D eigenvalue weighted by Gasteiger charge is 2.26. The van der Waals surface area contributed by atoms with E-state index in [1.165, 1.54) is 5.56 Å². The lowest BCUT2D eigenvalue weighted by Crippen LogP contribution is -2.50. The summed E-state index contributed by atoms with van der Waals surface area (Å²) in [6, 6.07) is 13.4. The Kier molecular flexibility index (Phi) is 3.62. The normalized spacial score (nSPS) is 24.5. The van der Waals surface area contributed by atoms with Crippen molar-refractivity contribution in [3.8, 4) is 0 Å². The van der Waals surface area contributed by atoms with Gasteiger partial charge in [0.15, 0.2) is 5.76 Å². The zero-order valence-electron chi connectivity index (χ0n) is 11.1. The molecular weight excluding hydrogens is 238 g/mol. The number of piperazine rings is 1. The van der Waals surface area contributed by atoms with Crippen LogP contribution in [0.2, 0.25) is 0 Å². The topological polar surface area (TPSA) is 41.3 Å². The Balaban J connectivity index is 1.70. The van der Waals surface area contributed by atoms with E-state index in [-0.39, 0.29) is 0 Å². The van der Waals surface area contributed by atoms with Crippen LogP contribution < -0.4 is 5.32 Å². The van der Waals surface area contributed by atoms with Crippen LogP contribution in [0.25, 0.3) is 0 Å². The van der Waals surface area contributed by atoms with E-state index in [1.54, 1.807) is 6.20 Å². The molecule has 0 amide bonds. The fourth-order valence-corrected chi connectivity index (χ4v) is 2.57. The molecule has 4 heteroatoms. The van der Waals surface area contributed by atoms with E-state index >= 15 is 0 Å². The third-order valence-electron chi connectivity index (χ3n) is 3.75. The van der Waals surface area contributed by atoms with Crippen LogP contribution in [0.5, 0.6) is 0 Å². The molecule has 0 saturated carbocycles. The molecule has 2 atom stereocenters. The molecule has 3 rings (SSSR count). The van der Waals surface area contributed by atoms with E-state index in [9.17, 15) is 0 Å². The van der Waals surface area contributed by atoms with Crippen LogP contribution >= 0.6 is 0 Å². The van der Waals surface area contributed by atoms with Gasteiger partial charge in [0.25, 0.3) is 0 Å². The molecular formula is C15H19N3O. The van der Waals surface area contributed by atoms with Gasteiger partial charge in [0, 0.05) is 31.2 Å². The summed E-state index contributed by atoms with van der Waals surface area (Å²) in [5, 5.41) is 7.38. The molecule has 1 saturated heterocycles. The maximum absolute atomic E-state index is 5.21. The van der Waals surface area contributed by atoms with Gasteiger partial charge in [-0.2, -0.15) is 0 Å². The minimum Gasteiger partial charge on any atom is -0.360 e. The summed E-state index contributed by atoms with van der Waals surface area (Å²) in [5.41, 5.74) is 1.34. The Bertz CT molecular complexity index is 497. The zero-order chi connectivity index (χ0) is 13.1. The maximum atomic E-state index is 5.21. The van der Waals surface area contributed by atoms with E-state index in [2.05, 4.69) is 52.6 Å². The predicted octanol–water partition coefficient (Wildman–Crippen LogP) is 2.21. The fraction of sp³-hybridized carbons (Fsp3) is 0.400. The number of aromatic nitrogens is 1. The molecule has 0 bridgehead atoms. The van der Waals surface area contributed by atoms with Gasteiger partial charge in [-0.05, 0) is 12.5 Å². The van der Waals surface area contributed by atoms with Crippen LogP contribution in [0.15, 0.2) is 47.1 Å². The van der Waals surface area contributed by atoms with Gasteiger partial charge in [0.2, 0.25) is 0 Å². The first-order valence-electron chi connectivity index (χ1n) is 6.75. The second-order valence-corrected chi connectivity index (χ2v) is 5.13. The first-order valence-corrected chi connectivity index (χ1v) is 6.75. The smallest absolute Gasteiger partial charge is 0.150 e. The highest BCUT2D eigenvalue weighted by molar-refractivity contribution is 5.20. The Morgan fingerprint density at radius 2 is 2.16 bits per heavy atom. The summed E-state index contributed by atoms with van der Waals surface area (Å²) in [5.74, 6) is 0.931. The lowest BCUT2D eigenvalue weighted by atomic mass is 10.0. The van der Waals surface area contributed by atoms with E-state index in [4.69, 9.17) is 4.52 Å². The van der Waals surface area contributed by atoms with Crippen molar-refractivity contribution in [2.24, 2.45) is 0 Å². The van der Waals surface area contributed by atoms with Crippen molar-refractivity contribution < 1.29 is 4.52 Å². The van der Waals surface area contributed by atoms with Crippen LogP contribution in [0, 0.1) is 0 Å². The lowest BCUT2D eigenvalue weighted by molar-refractivity contribution is 0.121. The van der Waals surface area contributed by atoms with Gasteiger partial charge in [-0.1, -0.05) is 35.5 Å². The number of hydrogen-bond acceptors (Lipinski definition) is 4. The quantitative estimate of drug-likeness (QED) is 0.915. The van der Waals surface area contributed by atoms with Gasteiger partial charge in [0.05, 0.1) is 12.7 Å². The van der Waals surface area contributed by atoms with Gasteiger partial charge in [-0.25, -0.2) is 0 Å². The van der Waals surface area contributed by atoms with E-state index in [1.807, 2.05) is 6.07 Å². The molecule has 2 heterocycles. The number of benzene rings is 1. The summed E-state index contributed by atoms with van der Waals surface area (Å²) in [6.45, 7) is 5.05. The summed E-state index contributed by atoms with van der Waals surface area (Å²) in [6.07, 6.45) is 1.71. The molecule has 1 aliphatic rings. The Morgan fingerprint density at radius 1 is 1.32 bits per heavy atom. The molecule has 0 spiro atoms. The first kappa shape index (κ1) is 12.4. The number of nitrogens with one attached hydrogen (secondary N) is 1. The third-order valence-corrected chi connectivity index (χ3v) is 3.75. The molecule has 1 N–H and O–H groups in total. The highest BCUT2D eigenvalue weighted by Crippen LogP contribution is 2.21. The van der Waals surface area contributed by atoms with Crippen molar-refractivity contribution in [2.75, 3.05) is 13.1 Å². The number of rotatable bonds is 3. The molecule has 1 aromatic carbocycles. The largest absolute Gasteiger partial charge is 0.360 e. The van der Waals surface area contributed by atoms with Gasteiger partial charge in [0.1, 0.15) is 0 Å². The average molecular weight is 257 g/mol. The second kappa shape index (κ2) is 5.55. The Hall–Kier alpha value is -1.65. The summed E-state index contributed by atoms with van der Waals surface area (Å²) in [4.78, 5) is 2.44. The van der Waals surface area contributed by atoms with Crippen LogP contribution in [0.4, 0.5) is 0 Å². The van der Waals surface area contributed by atoms with Crippen LogP contribution in [-0.2, 0) is 6.54 Å². The van der Waals surface area contributed by atoms with Gasteiger partial charge < -0.3 is 9.84 Å². The van der Waals surface area contributed by atoms with Crippen LogP contribution in [0.1, 0.15) is 24.3 Å². The molecule has 100 valence electrons. The van der Waals surface area contributed by atoms with Crippen molar-refractivity contribution in [1.82, 2.24) is 15.4 Å². The molecule has 1 aromatic heterocycles. The average Bonchev–Trinajstić information content (AvgIpc) is 2.95. The molecule has 2 aromatic rings. The highest BCUT2D eigenvalue weighted by atomic mass is 16.5. The van der Waals surface area contributed by atoms with E-state index in [0.29, 0.717) is 12.1 Å². The first-order chi connectivity index (χ1) is 9.33. The van der Waals surface area contributed by atoms with Crippen LogP contribution in [-0.4, -0.2) is 29.2 Å². The molecule has 1 aliphatic heterocycles. The molecule has 4 nitrogen and oxygen atoms in total. The van der Waals surface area contributed by atoms with Crippen molar-refractivity contribution in [1.29, 1.82) is 0 Å². The van der Waals surface area contributed by atoms with Crippen molar-refractivity contribution in [2.45, 2.75) is 25.6 Å². The molecule has 2 unspecified atom stereocenters. The molecule has 0 radical (unpaired) electrons. The van der Waals surface area contributed by atoms with E-state index in [0.717, 1.165) is 25.4 Å². The van der Waals surface area contributed by atoms with Crippen molar-refractivity contribution >= 4 is 0 Å². The fourth-order valence-electron chi connectivity index (χ4n) is 2.57. The van der Waals surface area contributed by atoms with Gasteiger partial charge in [-0.15, -0.1) is 0 Å². The number of hydrogen-bond donors (Lipinski definition) is 1. The summed E-state index contributed by atoms with van der Waals surface area (Å²) in [7, 11) is 0. The second-order valence-electron chi connectivity index (χ2n) is 5.13. The molecule has 19 heavy (non-hydrogen) atoms. The Morgan fingerprint density at radius 3 is 2.89 bits per heavy atom. The molecule has 0 aliphatic carbocycles. The van der Waals surface area contributed by atoms with E-state index < -0.39 is 0 Å². The minimum atomic E-state index is 0.389. The summed E-state index contributed by atoms with van der Waals surface area (Å²) >= 11 is 0. The SMILES string of the molecule is CC1CNC(c2ccccc2)CN1Cc1ccno1. The number of nitrogens with zero attached hydrogens (tertiary/aromatic N) is 2. The maximum Gasteiger partial charge on any atom is 0.150 e. The van der Waals surface area contributed by atoms with Gasteiger partial charge in [-0.3, -0.25) is 4.90 Å². The minimum absolute atomic E-state index is 0.389. The van der Waals surface area contributed by atoms with Crippen molar-refractivity contribution in [3.05, 3.63) is 53.9 Å². The molecule has 1 fully saturated rings. The van der Waals surface area contributed by atoms with Crippen molar-refractivity contribution in [3.63, 3.8) is 0 Å².